The molecule has 8 heteroatoms. The van der Waals surface area contributed by atoms with Gasteiger partial charge in [0.15, 0.2) is 0 Å². The van der Waals surface area contributed by atoms with Crippen LogP contribution in [0.3, 0.4) is 0 Å². The molecule has 0 aliphatic carbocycles. The van der Waals surface area contributed by atoms with E-state index in [9.17, 15) is 18.0 Å². The number of benzene rings is 1. The third kappa shape index (κ3) is 5.22. The Kier molecular flexibility index (Phi) is 6.18. The number of piperidine rings is 1. The first-order valence-corrected chi connectivity index (χ1v) is 9.13. The molecular weight excluding hydrogens is 371 g/mol. The van der Waals surface area contributed by atoms with Gasteiger partial charge in [-0.3, -0.25) is 4.79 Å². The van der Waals surface area contributed by atoms with Crippen molar-refractivity contribution in [2.75, 3.05) is 26.2 Å². The van der Waals surface area contributed by atoms with Crippen LogP contribution in [0.2, 0.25) is 0 Å². The quantitative estimate of drug-likeness (QED) is 0.732. The molecule has 0 atom stereocenters. The van der Waals surface area contributed by atoms with Crippen LogP contribution >= 0.6 is 0 Å². The number of aromatic nitrogens is 1. The molecule has 0 spiro atoms. The lowest BCUT2D eigenvalue weighted by Crippen LogP contribution is -2.40. The molecule has 1 saturated heterocycles. The third-order valence-corrected chi connectivity index (χ3v) is 4.74. The highest BCUT2D eigenvalue weighted by Crippen LogP contribution is 2.31. The molecule has 0 radical (unpaired) electrons. The maximum atomic E-state index is 13.2. The van der Waals surface area contributed by atoms with Gasteiger partial charge in [0.2, 0.25) is 0 Å². The van der Waals surface area contributed by atoms with Crippen molar-refractivity contribution in [2.24, 2.45) is 5.73 Å². The topological polar surface area (TPSA) is 68.5 Å². The highest BCUT2D eigenvalue weighted by Gasteiger charge is 2.33. The summed E-state index contributed by atoms with van der Waals surface area (Å²) in [5.74, 6) is -3.15. The largest absolute Gasteiger partial charge is 0.491 e. The molecular formula is C20H22F3N3O2. The van der Waals surface area contributed by atoms with Crippen molar-refractivity contribution in [3.05, 3.63) is 48.0 Å². The number of pyridine rings is 1. The zero-order valence-electron chi connectivity index (χ0n) is 15.3. The van der Waals surface area contributed by atoms with E-state index in [4.69, 9.17) is 10.5 Å². The maximum absolute atomic E-state index is 13.2. The molecule has 5 nitrogen and oxygen atoms in total. The van der Waals surface area contributed by atoms with Gasteiger partial charge in [-0.05, 0) is 30.2 Å². The van der Waals surface area contributed by atoms with E-state index in [0.717, 1.165) is 0 Å². The number of hydrogen-bond acceptors (Lipinski definition) is 4. The highest BCUT2D eigenvalue weighted by atomic mass is 19.3. The lowest BCUT2D eigenvalue weighted by atomic mass is 10.0. The van der Waals surface area contributed by atoms with Gasteiger partial charge >= 0.3 is 0 Å². The smallest absolute Gasteiger partial charge is 0.267 e. The molecule has 0 unspecified atom stereocenters. The van der Waals surface area contributed by atoms with Gasteiger partial charge in [0, 0.05) is 38.0 Å². The summed E-state index contributed by atoms with van der Waals surface area (Å²) in [6.45, 7) is 1.78. The molecule has 2 heterocycles. The standard InChI is InChI=1S/C20H22F3N3O2/c21-15-4-2-14(3-5-15)16-12-17(19(24)27)25-13-18(16)28-11-1-8-26-9-6-20(22,23)7-10-26/h2-5,12-13H,1,6-11H2,(H2,24,27). The number of ether oxygens (including phenoxy) is 1. The Hall–Kier alpha value is -2.61. The monoisotopic (exact) mass is 393 g/mol. The van der Waals surface area contributed by atoms with Gasteiger partial charge < -0.3 is 15.4 Å². The zero-order valence-corrected chi connectivity index (χ0v) is 15.3. The average molecular weight is 393 g/mol. The summed E-state index contributed by atoms with van der Waals surface area (Å²) in [5.41, 5.74) is 6.63. The van der Waals surface area contributed by atoms with Crippen molar-refractivity contribution in [1.82, 2.24) is 9.88 Å². The number of hydrogen-bond donors (Lipinski definition) is 1. The van der Waals surface area contributed by atoms with Crippen molar-refractivity contribution in [1.29, 1.82) is 0 Å². The van der Waals surface area contributed by atoms with Gasteiger partial charge in [0.25, 0.3) is 11.8 Å². The van der Waals surface area contributed by atoms with Crippen LogP contribution in [0.5, 0.6) is 5.75 Å². The Morgan fingerprint density at radius 2 is 1.89 bits per heavy atom. The Morgan fingerprint density at radius 1 is 1.21 bits per heavy atom. The van der Waals surface area contributed by atoms with E-state index in [-0.39, 0.29) is 24.4 Å². The van der Waals surface area contributed by atoms with Crippen LogP contribution < -0.4 is 10.5 Å². The van der Waals surface area contributed by atoms with Crippen LogP contribution in [0.4, 0.5) is 13.2 Å². The second-order valence-corrected chi connectivity index (χ2v) is 6.84. The predicted molar refractivity (Wildman–Crippen MR) is 98.9 cm³/mol. The van der Waals surface area contributed by atoms with E-state index in [2.05, 4.69) is 4.98 Å². The summed E-state index contributed by atoms with van der Waals surface area (Å²) in [4.78, 5) is 17.4. The Balaban J connectivity index is 1.63. The number of primary amides is 1. The Bertz CT molecular complexity index is 818. The first-order valence-electron chi connectivity index (χ1n) is 9.13. The second-order valence-electron chi connectivity index (χ2n) is 6.84. The van der Waals surface area contributed by atoms with E-state index in [1.54, 1.807) is 12.1 Å². The summed E-state index contributed by atoms with van der Waals surface area (Å²) in [7, 11) is 0. The number of nitrogens with zero attached hydrogens (tertiary/aromatic N) is 2. The number of amides is 1. The van der Waals surface area contributed by atoms with Gasteiger partial charge in [-0.25, -0.2) is 18.2 Å². The summed E-state index contributed by atoms with van der Waals surface area (Å²) in [6, 6.07) is 7.30. The van der Waals surface area contributed by atoms with Gasteiger partial charge in [0.1, 0.15) is 17.3 Å². The zero-order chi connectivity index (χ0) is 20.1. The van der Waals surface area contributed by atoms with Crippen molar-refractivity contribution in [3.63, 3.8) is 0 Å². The molecule has 1 amide bonds. The van der Waals surface area contributed by atoms with Crippen LogP contribution in [0.25, 0.3) is 11.1 Å². The Morgan fingerprint density at radius 3 is 2.54 bits per heavy atom. The van der Waals surface area contributed by atoms with Crippen molar-refractivity contribution < 1.29 is 22.7 Å². The molecule has 1 aliphatic heterocycles. The molecule has 2 N–H and O–H groups in total. The molecule has 0 bridgehead atoms. The minimum atomic E-state index is -2.55. The number of nitrogens with two attached hydrogens (primary N) is 1. The molecule has 1 aromatic carbocycles. The summed E-state index contributed by atoms with van der Waals surface area (Å²) >= 11 is 0. The van der Waals surface area contributed by atoms with Gasteiger partial charge in [0.05, 0.1) is 12.8 Å². The third-order valence-electron chi connectivity index (χ3n) is 4.74. The molecule has 1 aromatic heterocycles. The van der Waals surface area contributed by atoms with Gasteiger partial charge in [-0.2, -0.15) is 0 Å². The molecule has 2 aromatic rings. The number of carbonyl (C=O) groups is 1. The van der Waals surface area contributed by atoms with E-state index in [0.29, 0.717) is 49.5 Å². The lowest BCUT2D eigenvalue weighted by molar-refractivity contribution is -0.0554. The van der Waals surface area contributed by atoms with E-state index in [1.165, 1.54) is 24.4 Å². The molecule has 28 heavy (non-hydrogen) atoms. The summed E-state index contributed by atoms with van der Waals surface area (Å²) in [6.07, 6.45) is 1.86. The number of carbonyl (C=O) groups excluding carboxylic acids is 1. The van der Waals surface area contributed by atoms with Crippen LogP contribution in [-0.2, 0) is 0 Å². The van der Waals surface area contributed by atoms with Gasteiger partial charge in [-0.15, -0.1) is 0 Å². The molecule has 3 rings (SSSR count). The predicted octanol–water partition coefficient (Wildman–Crippen LogP) is 3.49. The molecule has 150 valence electrons. The van der Waals surface area contributed by atoms with E-state index < -0.39 is 11.8 Å². The van der Waals surface area contributed by atoms with Crippen LogP contribution in [0.15, 0.2) is 36.5 Å². The number of alkyl halides is 2. The van der Waals surface area contributed by atoms with Crippen LogP contribution in [0.1, 0.15) is 29.8 Å². The normalized spacial score (nSPS) is 16.7. The van der Waals surface area contributed by atoms with Crippen molar-refractivity contribution >= 4 is 5.91 Å². The maximum Gasteiger partial charge on any atom is 0.267 e. The number of likely N-dealkylation sites (tertiary alicyclic amines) is 1. The fourth-order valence-corrected chi connectivity index (χ4v) is 3.12. The lowest BCUT2D eigenvalue weighted by Gasteiger charge is -2.31. The van der Waals surface area contributed by atoms with Crippen LogP contribution in [0, 0.1) is 5.82 Å². The number of rotatable bonds is 7. The minimum absolute atomic E-state index is 0.0842. The molecule has 1 fully saturated rings. The van der Waals surface area contributed by atoms with E-state index >= 15 is 0 Å². The highest BCUT2D eigenvalue weighted by molar-refractivity contribution is 5.92. The second kappa shape index (κ2) is 8.60. The SMILES string of the molecule is NC(=O)c1cc(-c2ccc(F)cc2)c(OCCCN2CCC(F)(F)CC2)cn1. The summed E-state index contributed by atoms with van der Waals surface area (Å²) in [5, 5.41) is 0. The van der Waals surface area contributed by atoms with Crippen molar-refractivity contribution in [2.45, 2.75) is 25.2 Å². The summed E-state index contributed by atoms with van der Waals surface area (Å²) < 4.78 is 45.4. The van der Waals surface area contributed by atoms with Gasteiger partial charge in [-0.1, -0.05) is 12.1 Å². The Labute approximate surface area is 161 Å². The number of halogens is 3. The first-order chi connectivity index (χ1) is 13.3. The van der Waals surface area contributed by atoms with E-state index in [1.807, 2.05) is 4.90 Å². The van der Waals surface area contributed by atoms with Crippen LogP contribution in [-0.4, -0.2) is 48.0 Å². The average Bonchev–Trinajstić information content (AvgIpc) is 2.67. The molecule has 1 aliphatic rings. The fourth-order valence-electron chi connectivity index (χ4n) is 3.12. The minimum Gasteiger partial charge on any atom is -0.491 e. The van der Waals surface area contributed by atoms with Crippen molar-refractivity contribution in [3.8, 4) is 16.9 Å². The molecule has 0 saturated carbocycles. The fraction of sp³-hybridized carbons (Fsp3) is 0.400. The first kappa shape index (κ1) is 20.1.